The van der Waals surface area contributed by atoms with Crippen LogP contribution in [0.25, 0.3) is 10.9 Å². The minimum Gasteiger partial charge on any atom is -0.381 e. The summed E-state index contributed by atoms with van der Waals surface area (Å²) in [5.74, 6) is 0.539. The minimum atomic E-state index is 0. The topological polar surface area (TPSA) is 51.0 Å². The first kappa shape index (κ1) is 14.4. The van der Waals surface area contributed by atoms with Gasteiger partial charge in [-0.05, 0) is 37.3 Å². The van der Waals surface area contributed by atoms with Crippen molar-refractivity contribution in [2.75, 3.05) is 13.2 Å². The van der Waals surface area contributed by atoms with Crippen molar-refractivity contribution in [3.05, 3.63) is 35.5 Å². The fraction of sp³-hybridized carbons (Fsp3) is 0.467. The number of fused-ring (bicyclic) bond motifs is 1. The van der Waals surface area contributed by atoms with Crippen LogP contribution in [0.4, 0.5) is 0 Å². The molecule has 3 N–H and O–H groups in total. The number of aryl methyl sites for hydroxylation is 1. The third-order valence-corrected chi connectivity index (χ3v) is 4.05. The number of aromatic amines is 1. The zero-order valence-corrected chi connectivity index (χ0v) is 12.0. The van der Waals surface area contributed by atoms with Gasteiger partial charge in [-0.3, -0.25) is 0 Å². The zero-order chi connectivity index (χ0) is 12.5. The molecular formula is C15H21ClN2O. The number of hydrogen-bond acceptors (Lipinski definition) is 2. The Morgan fingerprint density at radius 1 is 1.26 bits per heavy atom. The van der Waals surface area contributed by atoms with E-state index in [0.717, 1.165) is 26.1 Å². The third-order valence-electron chi connectivity index (χ3n) is 4.05. The van der Waals surface area contributed by atoms with E-state index in [0.29, 0.717) is 5.92 Å². The summed E-state index contributed by atoms with van der Waals surface area (Å²) in [6.07, 6.45) is 2.14. The number of rotatable bonds is 2. The fourth-order valence-electron chi connectivity index (χ4n) is 3.04. The van der Waals surface area contributed by atoms with Crippen LogP contribution in [-0.4, -0.2) is 18.2 Å². The van der Waals surface area contributed by atoms with Crippen molar-refractivity contribution in [3.63, 3.8) is 0 Å². The number of benzene rings is 1. The Kier molecular flexibility index (Phi) is 4.50. The van der Waals surface area contributed by atoms with E-state index in [4.69, 9.17) is 10.5 Å². The van der Waals surface area contributed by atoms with Crippen LogP contribution in [0.3, 0.4) is 0 Å². The van der Waals surface area contributed by atoms with Gasteiger partial charge in [0.25, 0.3) is 0 Å². The van der Waals surface area contributed by atoms with Gasteiger partial charge in [-0.25, -0.2) is 0 Å². The molecule has 0 bridgehead atoms. The molecule has 1 aromatic heterocycles. The van der Waals surface area contributed by atoms with Crippen molar-refractivity contribution in [2.24, 2.45) is 11.7 Å². The van der Waals surface area contributed by atoms with Crippen molar-refractivity contribution in [1.82, 2.24) is 4.98 Å². The molecule has 19 heavy (non-hydrogen) atoms. The summed E-state index contributed by atoms with van der Waals surface area (Å²) in [5.41, 5.74) is 10.2. The first-order valence-electron chi connectivity index (χ1n) is 6.68. The van der Waals surface area contributed by atoms with Gasteiger partial charge in [0, 0.05) is 35.9 Å². The van der Waals surface area contributed by atoms with Gasteiger partial charge in [0.05, 0.1) is 0 Å². The minimum absolute atomic E-state index is 0. The fourth-order valence-corrected chi connectivity index (χ4v) is 3.04. The third kappa shape index (κ3) is 2.64. The summed E-state index contributed by atoms with van der Waals surface area (Å²) in [4.78, 5) is 3.44. The molecule has 2 aromatic rings. The molecule has 1 atom stereocenters. The number of halogens is 1. The molecule has 4 heteroatoms. The molecule has 0 radical (unpaired) electrons. The van der Waals surface area contributed by atoms with Crippen LogP contribution in [0, 0.1) is 12.8 Å². The molecule has 0 amide bonds. The van der Waals surface area contributed by atoms with E-state index in [-0.39, 0.29) is 18.4 Å². The van der Waals surface area contributed by atoms with Crippen LogP contribution in [0.2, 0.25) is 0 Å². The molecule has 104 valence electrons. The molecule has 1 aliphatic rings. The number of hydrogen-bond donors (Lipinski definition) is 2. The lowest BCUT2D eigenvalue weighted by atomic mass is 9.86. The Morgan fingerprint density at radius 2 is 1.95 bits per heavy atom. The van der Waals surface area contributed by atoms with E-state index < -0.39 is 0 Å². The quantitative estimate of drug-likeness (QED) is 0.887. The lowest BCUT2D eigenvalue weighted by molar-refractivity contribution is 0.0584. The van der Waals surface area contributed by atoms with E-state index in [1.807, 2.05) is 0 Å². The van der Waals surface area contributed by atoms with Gasteiger partial charge >= 0.3 is 0 Å². The summed E-state index contributed by atoms with van der Waals surface area (Å²) in [5, 5.41) is 1.27. The lowest BCUT2D eigenvalue weighted by Crippen LogP contribution is -2.27. The molecule has 0 aliphatic carbocycles. The Bertz CT molecular complexity index is 546. The van der Waals surface area contributed by atoms with Crippen LogP contribution < -0.4 is 5.73 Å². The zero-order valence-electron chi connectivity index (χ0n) is 11.2. The van der Waals surface area contributed by atoms with E-state index in [1.54, 1.807) is 0 Å². The summed E-state index contributed by atoms with van der Waals surface area (Å²) in [6, 6.07) is 8.53. The van der Waals surface area contributed by atoms with Gasteiger partial charge < -0.3 is 15.5 Å². The molecule has 1 saturated heterocycles. The SMILES string of the molecule is Cc1[nH]c2ccccc2c1[C@H](N)C1CCOCC1.Cl. The molecule has 0 spiro atoms. The molecule has 0 saturated carbocycles. The monoisotopic (exact) mass is 280 g/mol. The summed E-state index contributed by atoms with van der Waals surface area (Å²) in [6.45, 7) is 3.81. The number of nitrogens with one attached hydrogen (secondary N) is 1. The van der Waals surface area contributed by atoms with Gasteiger partial charge in [0.2, 0.25) is 0 Å². The normalized spacial score (nSPS) is 18.2. The van der Waals surface area contributed by atoms with Gasteiger partial charge in [0.15, 0.2) is 0 Å². The maximum absolute atomic E-state index is 6.51. The van der Waals surface area contributed by atoms with Crippen molar-refractivity contribution in [3.8, 4) is 0 Å². The molecule has 0 unspecified atom stereocenters. The second kappa shape index (κ2) is 5.95. The molecule has 1 fully saturated rings. The number of para-hydroxylation sites is 1. The Morgan fingerprint density at radius 3 is 2.68 bits per heavy atom. The molecule has 2 heterocycles. The second-order valence-corrected chi connectivity index (χ2v) is 5.18. The highest BCUT2D eigenvalue weighted by Gasteiger charge is 2.25. The van der Waals surface area contributed by atoms with E-state index >= 15 is 0 Å². The number of aromatic nitrogens is 1. The Balaban J connectivity index is 0.00000133. The van der Waals surface area contributed by atoms with Gasteiger partial charge in [-0.1, -0.05) is 18.2 Å². The van der Waals surface area contributed by atoms with Gasteiger partial charge in [-0.15, -0.1) is 12.4 Å². The van der Waals surface area contributed by atoms with Crippen molar-refractivity contribution >= 4 is 23.3 Å². The van der Waals surface area contributed by atoms with Crippen molar-refractivity contribution in [1.29, 1.82) is 0 Å². The number of H-pyrrole nitrogens is 1. The molecule has 1 aliphatic heterocycles. The largest absolute Gasteiger partial charge is 0.381 e. The maximum atomic E-state index is 6.51. The highest BCUT2D eigenvalue weighted by molar-refractivity contribution is 5.85. The average molecular weight is 281 g/mol. The van der Waals surface area contributed by atoms with Crippen molar-refractivity contribution < 1.29 is 4.74 Å². The van der Waals surface area contributed by atoms with E-state index in [1.165, 1.54) is 22.2 Å². The average Bonchev–Trinajstić information content (AvgIpc) is 2.75. The van der Waals surface area contributed by atoms with Crippen LogP contribution in [0.1, 0.15) is 30.1 Å². The molecule has 1 aromatic carbocycles. The smallest absolute Gasteiger partial charge is 0.0469 e. The van der Waals surface area contributed by atoms with Crippen LogP contribution in [0.15, 0.2) is 24.3 Å². The summed E-state index contributed by atoms with van der Waals surface area (Å²) < 4.78 is 5.42. The predicted molar refractivity (Wildman–Crippen MR) is 80.8 cm³/mol. The predicted octanol–water partition coefficient (Wildman–Crippen LogP) is 3.32. The van der Waals surface area contributed by atoms with E-state index in [9.17, 15) is 0 Å². The highest BCUT2D eigenvalue weighted by Crippen LogP contribution is 2.34. The first-order valence-corrected chi connectivity index (χ1v) is 6.68. The highest BCUT2D eigenvalue weighted by atomic mass is 35.5. The Hall–Kier alpha value is -1.03. The Labute approximate surface area is 119 Å². The molecular weight excluding hydrogens is 260 g/mol. The van der Waals surface area contributed by atoms with Crippen LogP contribution in [0.5, 0.6) is 0 Å². The maximum Gasteiger partial charge on any atom is 0.0469 e. The van der Waals surface area contributed by atoms with Crippen molar-refractivity contribution in [2.45, 2.75) is 25.8 Å². The van der Waals surface area contributed by atoms with Crippen LogP contribution in [-0.2, 0) is 4.74 Å². The number of nitrogens with two attached hydrogens (primary N) is 1. The molecule has 3 nitrogen and oxygen atoms in total. The standard InChI is InChI=1S/C15H20N2O.ClH/c1-10-14(12-4-2-3-5-13(12)17-10)15(16)11-6-8-18-9-7-11;/h2-5,11,15,17H,6-9,16H2,1H3;1H/t15-;/m1./s1. The summed E-state index contributed by atoms with van der Waals surface area (Å²) >= 11 is 0. The van der Waals surface area contributed by atoms with Gasteiger partial charge in [-0.2, -0.15) is 0 Å². The summed E-state index contributed by atoms with van der Waals surface area (Å²) in [7, 11) is 0. The van der Waals surface area contributed by atoms with Crippen LogP contribution >= 0.6 is 12.4 Å². The lowest BCUT2D eigenvalue weighted by Gasteiger charge is -2.28. The van der Waals surface area contributed by atoms with Gasteiger partial charge in [0.1, 0.15) is 0 Å². The number of ether oxygens (including phenoxy) is 1. The second-order valence-electron chi connectivity index (χ2n) is 5.18. The first-order chi connectivity index (χ1) is 8.77. The van der Waals surface area contributed by atoms with E-state index in [2.05, 4.69) is 36.2 Å². The molecule has 3 rings (SSSR count).